The molecule has 0 bridgehead atoms. The number of aromatic nitrogens is 3. The van der Waals surface area contributed by atoms with Gasteiger partial charge in [0.1, 0.15) is 17.4 Å². The van der Waals surface area contributed by atoms with Crippen molar-refractivity contribution in [3.05, 3.63) is 88.6 Å². The number of nitriles is 1. The van der Waals surface area contributed by atoms with Crippen LogP contribution in [0.4, 0.5) is 0 Å². The van der Waals surface area contributed by atoms with Gasteiger partial charge in [0.25, 0.3) is 5.89 Å². The van der Waals surface area contributed by atoms with E-state index in [2.05, 4.69) is 10.2 Å². The van der Waals surface area contributed by atoms with Gasteiger partial charge < -0.3 is 18.5 Å². The number of benzene rings is 2. The number of hydrogen-bond acceptors (Lipinski definition) is 7. The van der Waals surface area contributed by atoms with E-state index in [-0.39, 0.29) is 11.5 Å². The van der Waals surface area contributed by atoms with Crippen LogP contribution in [0.2, 0.25) is 0 Å². The van der Waals surface area contributed by atoms with Crippen LogP contribution in [-0.4, -0.2) is 27.8 Å². The SMILES string of the molecule is COc1ccc(-n2c(C)cc(/C=C(\C#N)C(=O)OC(C)c3nnc(-c4ccc(C)cc4)o3)c2C)cc1. The maximum absolute atomic E-state index is 12.8. The van der Waals surface area contributed by atoms with E-state index in [1.807, 2.05) is 86.0 Å². The number of nitrogens with zero attached hydrogens (tertiary/aromatic N) is 4. The Morgan fingerprint density at radius 3 is 2.42 bits per heavy atom. The molecular formula is C28H26N4O4. The average Bonchev–Trinajstić information content (AvgIpc) is 3.47. The molecule has 0 N–H and O–H groups in total. The molecule has 8 nitrogen and oxygen atoms in total. The van der Waals surface area contributed by atoms with E-state index in [1.54, 1.807) is 14.0 Å². The third kappa shape index (κ3) is 5.05. The smallest absolute Gasteiger partial charge is 0.349 e. The Morgan fingerprint density at radius 2 is 1.78 bits per heavy atom. The number of rotatable bonds is 7. The summed E-state index contributed by atoms with van der Waals surface area (Å²) in [6.07, 6.45) is 0.704. The minimum Gasteiger partial charge on any atom is -0.497 e. The fourth-order valence-corrected chi connectivity index (χ4v) is 3.84. The first kappa shape index (κ1) is 24.5. The average molecular weight is 483 g/mol. The van der Waals surface area contributed by atoms with Crippen LogP contribution >= 0.6 is 0 Å². The summed E-state index contributed by atoms with van der Waals surface area (Å²) in [5.41, 5.74) is 5.27. The lowest BCUT2D eigenvalue weighted by atomic mass is 10.1. The molecule has 4 rings (SSSR count). The van der Waals surface area contributed by atoms with Gasteiger partial charge in [-0.2, -0.15) is 5.26 Å². The Kier molecular flexibility index (Phi) is 7.02. The van der Waals surface area contributed by atoms with Gasteiger partial charge in [-0.3, -0.25) is 0 Å². The zero-order valence-corrected chi connectivity index (χ0v) is 20.8. The lowest BCUT2D eigenvalue weighted by molar-refractivity contribution is -0.144. The molecule has 4 aromatic rings. The number of carbonyl (C=O) groups is 1. The molecule has 182 valence electrons. The largest absolute Gasteiger partial charge is 0.497 e. The fraction of sp³-hybridized carbons (Fsp3) is 0.214. The van der Waals surface area contributed by atoms with E-state index < -0.39 is 12.1 Å². The van der Waals surface area contributed by atoms with Crippen molar-refractivity contribution < 1.29 is 18.7 Å². The van der Waals surface area contributed by atoms with Gasteiger partial charge in [-0.25, -0.2) is 4.79 Å². The topological polar surface area (TPSA) is 103 Å². The molecule has 0 fully saturated rings. The van der Waals surface area contributed by atoms with Crippen molar-refractivity contribution in [2.45, 2.75) is 33.8 Å². The van der Waals surface area contributed by atoms with Crippen molar-refractivity contribution in [2.24, 2.45) is 0 Å². The Bertz CT molecular complexity index is 1450. The van der Waals surface area contributed by atoms with Crippen LogP contribution in [0.15, 0.2) is 64.6 Å². The second-order valence-electron chi connectivity index (χ2n) is 8.39. The standard InChI is InChI=1S/C28H26N4O4/c1-17-6-8-21(9-7-17)27-31-30-26(36-27)20(4)35-28(33)23(16-29)15-22-14-18(2)32(19(22)3)24-10-12-25(34-5)13-11-24/h6-15,20H,1-5H3/b23-15+. The molecule has 0 aliphatic rings. The zero-order valence-electron chi connectivity index (χ0n) is 20.8. The molecule has 0 saturated carbocycles. The van der Waals surface area contributed by atoms with Gasteiger partial charge in [-0.05, 0) is 81.8 Å². The maximum Gasteiger partial charge on any atom is 0.349 e. The molecule has 0 aliphatic heterocycles. The lowest BCUT2D eigenvalue weighted by Gasteiger charge is -2.11. The van der Waals surface area contributed by atoms with Crippen LogP contribution in [-0.2, 0) is 9.53 Å². The van der Waals surface area contributed by atoms with Gasteiger partial charge in [-0.15, -0.1) is 10.2 Å². The minimum atomic E-state index is -0.826. The number of carbonyl (C=O) groups excluding carboxylic acids is 1. The quantitative estimate of drug-likeness (QED) is 0.190. The van der Waals surface area contributed by atoms with Gasteiger partial charge in [-0.1, -0.05) is 17.7 Å². The Morgan fingerprint density at radius 1 is 1.08 bits per heavy atom. The predicted octanol–water partition coefficient (Wildman–Crippen LogP) is 5.67. The highest BCUT2D eigenvalue weighted by atomic mass is 16.6. The highest BCUT2D eigenvalue weighted by Gasteiger charge is 2.22. The maximum atomic E-state index is 12.8. The van der Waals surface area contributed by atoms with Crippen LogP contribution in [0, 0.1) is 32.1 Å². The van der Waals surface area contributed by atoms with E-state index in [9.17, 15) is 10.1 Å². The molecule has 0 spiro atoms. The monoisotopic (exact) mass is 482 g/mol. The molecule has 0 amide bonds. The van der Waals surface area contributed by atoms with Gasteiger partial charge in [0.15, 0.2) is 6.10 Å². The van der Waals surface area contributed by atoms with E-state index >= 15 is 0 Å². The number of esters is 1. The van der Waals surface area contributed by atoms with Crippen LogP contribution in [0.25, 0.3) is 23.2 Å². The van der Waals surface area contributed by atoms with Gasteiger partial charge in [0.05, 0.1) is 7.11 Å². The predicted molar refractivity (Wildman–Crippen MR) is 134 cm³/mol. The number of ether oxygens (including phenoxy) is 2. The third-order valence-corrected chi connectivity index (χ3v) is 5.81. The number of hydrogen-bond donors (Lipinski definition) is 0. The summed E-state index contributed by atoms with van der Waals surface area (Å²) >= 11 is 0. The minimum absolute atomic E-state index is 0.130. The van der Waals surface area contributed by atoms with Crippen LogP contribution in [0.3, 0.4) is 0 Å². The summed E-state index contributed by atoms with van der Waals surface area (Å²) in [4.78, 5) is 12.8. The van der Waals surface area contributed by atoms with E-state index in [0.717, 1.165) is 39.5 Å². The second-order valence-corrected chi connectivity index (χ2v) is 8.39. The number of methoxy groups -OCH3 is 1. The summed E-state index contributed by atoms with van der Waals surface area (Å²) < 4.78 is 18.4. The van der Waals surface area contributed by atoms with Gasteiger partial charge in [0, 0.05) is 22.6 Å². The van der Waals surface area contributed by atoms with Gasteiger partial charge in [0.2, 0.25) is 5.89 Å². The lowest BCUT2D eigenvalue weighted by Crippen LogP contribution is -2.11. The van der Waals surface area contributed by atoms with Crippen molar-refractivity contribution in [3.8, 4) is 29.0 Å². The summed E-state index contributed by atoms with van der Waals surface area (Å²) in [5.74, 6) is 0.468. The first-order valence-electron chi connectivity index (χ1n) is 11.4. The Hall–Kier alpha value is -4.64. The molecule has 2 aromatic carbocycles. The molecule has 0 aliphatic carbocycles. The van der Waals surface area contributed by atoms with Gasteiger partial charge >= 0.3 is 5.97 Å². The highest BCUT2D eigenvalue weighted by molar-refractivity contribution is 5.98. The van der Waals surface area contributed by atoms with Crippen LogP contribution in [0.5, 0.6) is 5.75 Å². The molecule has 0 radical (unpaired) electrons. The Balaban J connectivity index is 1.52. The van der Waals surface area contributed by atoms with E-state index in [4.69, 9.17) is 13.9 Å². The molecule has 2 aromatic heterocycles. The molecule has 8 heteroatoms. The summed E-state index contributed by atoms with van der Waals surface area (Å²) in [6.45, 7) is 7.50. The summed E-state index contributed by atoms with van der Waals surface area (Å²) in [5, 5.41) is 17.7. The fourth-order valence-electron chi connectivity index (χ4n) is 3.84. The van der Waals surface area contributed by atoms with E-state index in [1.165, 1.54) is 6.08 Å². The van der Waals surface area contributed by atoms with Crippen molar-refractivity contribution >= 4 is 12.0 Å². The van der Waals surface area contributed by atoms with E-state index in [0.29, 0.717) is 5.89 Å². The molecule has 2 heterocycles. The van der Waals surface area contributed by atoms with Crippen molar-refractivity contribution in [2.75, 3.05) is 7.11 Å². The molecule has 1 atom stereocenters. The number of aryl methyl sites for hydroxylation is 2. The van der Waals surface area contributed by atoms with Crippen molar-refractivity contribution in [1.29, 1.82) is 5.26 Å². The highest BCUT2D eigenvalue weighted by Crippen LogP contribution is 2.26. The van der Waals surface area contributed by atoms with Crippen LogP contribution in [0.1, 0.15) is 41.4 Å². The van der Waals surface area contributed by atoms with Crippen molar-refractivity contribution in [3.63, 3.8) is 0 Å². The van der Waals surface area contributed by atoms with Crippen molar-refractivity contribution in [1.82, 2.24) is 14.8 Å². The Labute approximate surface area is 209 Å². The summed E-state index contributed by atoms with van der Waals surface area (Å²) in [6, 6.07) is 19.2. The third-order valence-electron chi connectivity index (χ3n) is 5.81. The normalized spacial score (nSPS) is 12.2. The molecule has 0 saturated heterocycles. The second kappa shape index (κ2) is 10.3. The zero-order chi connectivity index (χ0) is 25.8. The first-order valence-corrected chi connectivity index (χ1v) is 11.4. The first-order chi connectivity index (χ1) is 17.3. The summed E-state index contributed by atoms with van der Waals surface area (Å²) in [7, 11) is 1.62. The molecular weight excluding hydrogens is 456 g/mol. The van der Waals surface area contributed by atoms with Crippen LogP contribution < -0.4 is 4.74 Å². The molecule has 1 unspecified atom stereocenters. The molecule has 36 heavy (non-hydrogen) atoms.